The third-order valence-electron chi connectivity index (χ3n) is 1.72. The van der Waals surface area contributed by atoms with Crippen LogP contribution in [-0.4, -0.2) is 24.7 Å². The molecule has 0 atom stereocenters. The monoisotopic (exact) mass is 240 g/mol. The first-order valence-electron chi connectivity index (χ1n) is 4.28. The normalized spacial score (nSPS) is 10.5. The molecule has 15 heavy (non-hydrogen) atoms. The summed E-state index contributed by atoms with van der Waals surface area (Å²) in [5, 5.41) is 4.69. The zero-order valence-corrected chi connectivity index (χ0v) is 9.85. The average Bonchev–Trinajstić information content (AvgIpc) is 2.72. The van der Waals surface area contributed by atoms with Crippen LogP contribution in [0, 0.1) is 6.92 Å². The summed E-state index contributed by atoms with van der Waals surface area (Å²) in [5.41, 5.74) is 0.852. The van der Waals surface area contributed by atoms with E-state index in [1.54, 1.807) is 0 Å². The molecule has 2 rings (SSSR count). The SMILES string of the molecule is CC(=O)Cc1nsc(-c2snnc2C)n1. The van der Waals surface area contributed by atoms with Crippen LogP contribution in [0.4, 0.5) is 0 Å². The van der Waals surface area contributed by atoms with Crippen molar-refractivity contribution in [2.45, 2.75) is 20.3 Å². The van der Waals surface area contributed by atoms with Crippen molar-refractivity contribution in [3.8, 4) is 9.88 Å². The number of hydrogen-bond donors (Lipinski definition) is 0. The van der Waals surface area contributed by atoms with E-state index in [2.05, 4.69) is 18.9 Å². The molecule has 0 saturated carbocycles. The van der Waals surface area contributed by atoms with Gasteiger partial charge in [0.25, 0.3) is 0 Å². The molecule has 0 spiro atoms. The molecule has 2 aromatic heterocycles. The Morgan fingerprint density at radius 2 is 2.20 bits per heavy atom. The van der Waals surface area contributed by atoms with Crippen molar-refractivity contribution >= 4 is 28.8 Å². The molecule has 0 unspecified atom stereocenters. The van der Waals surface area contributed by atoms with Crippen molar-refractivity contribution in [3.63, 3.8) is 0 Å². The van der Waals surface area contributed by atoms with E-state index in [9.17, 15) is 4.79 Å². The minimum Gasteiger partial charge on any atom is -0.300 e. The maximum atomic E-state index is 10.9. The molecule has 7 heteroatoms. The largest absolute Gasteiger partial charge is 0.300 e. The molecular formula is C8H8N4OS2. The lowest BCUT2D eigenvalue weighted by Gasteiger charge is -1.88. The van der Waals surface area contributed by atoms with Crippen molar-refractivity contribution < 1.29 is 4.79 Å². The fraction of sp³-hybridized carbons (Fsp3) is 0.375. The van der Waals surface area contributed by atoms with E-state index in [1.807, 2.05) is 6.92 Å². The molecule has 78 valence electrons. The van der Waals surface area contributed by atoms with E-state index < -0.39 is 0 Å². The van der Waals surface area contributed by atoms with Gasteiger partial charge in [-0.15, -0.1) is 5.10 Å². The molecule has 0 saturated heterocycles. The Morgan fingerprint density at radius 1 is 1.40 bits per heavy atom. The van der Waals surface area contributed by atoms with Gasteiger partial charge in [0.2, 0.25) is 0 Å². The van der Waals surface area contributed by atoms with Gasteiger partial charge < -0.3 is 0 Å². The molecule has 0 N–H and O–H groups in total. The maximum absolute atomic E-state index is 10.9. The fourth-order valence-corrected chi connectivity index (χ4v) is 2.51. The third-order valence-corrected chi connectivity index (χ3v) is 3.46. The van der Waals surface area contributed by atoms with Gasteiger partial charge in [-0.3, -0.25) is 4.79 Å². The molecule has 0 radical (unpaired) electrons. The summed E-state index contributed by atoms with van der Waals surface area (Å²) < 4.78 is 7.95. The van der Waals surface area contributed by atoms with Crippen LogP contribution in [0.1, 0.15) is 18.4 Å². The van der Waals surface area contributed by atoms with E-state index >= 15 is 0 Å². The van der Waals surface area contributed by atoms with Gasteiger partial charge in [-0.1, -0.05) is 4.49 Å². The third kappa shape index (κ3) is 2.24. The Balaban J connectivity index is 2.28. The Bertz CT molecular complexity index is 490. The molecule has 0 aliphatic heterocycles. The highest BCUT2D eigenvalue weighted by molar-refractivity contribution is 7.16. The van der Waals surface area contributed by atoms with E-state index in [1.165, 1.54) is 30.0 Å². The number of carbonyl (C=O) groups excluding carboxylic acids is 1. The molecule has 0 amide bonds. The van der Waals surface area contributed by atoms with Gasteiger partial charge in [0.15, 0.2) is 5.01 Å². The Kier molecular flexibility index (Phi) is 2.83. The number of nitrogens with zero attached hydrogens (tertiary/aromatic N) is 4. The first kappa shape index (κ1) is 10.3. The van der Waals surface area contributed by atoms with Crippen LogP contribution in [0.15, 0.2) is 0 Å². The topological polar surface area (TPSA) is 68.6 Å². The molecule has 0 fully saturated rings. The van der Waals surface area contributed by atoms with Gasteiger partial charge in [0.1, 0.15) is 16.5 Å². The van der Waals surface area contributed by atoms with Crippen LogP contribution < -0.4 is 0 Å². The van der Waals surface area contributed by atoms with Crippen LogP contribution in [0.3, 0.4) is 0 Å². The van der Waals surface area contributed by atoms with Crippen molar-refractivity contribution in [1.82, 2.24) is 18.9 Å². The smallest absolute Gasteiger partial charge is 0.157 e. The summed E-state index contributed by atoms with van der Waals surface area (Å²) in [6.45, 7) is 3.41. The summed E-state index contributed by atoms with van der Waals surface area (Å²) in [6.07, 6.45) is 0.293. The molecule has 0 aromatic carbocycles. The zero-order valence-electron chi connectivity index (χ0n) is 8.22. The number of ketones is 1. The van der Waals surface area contributed by atoms with Crippen molar-refractivity contribution in [2.24, 2.45) is 0 Å². The summed E-state index contributed by atoms with van der Waals surface area (Å²) in [5.74, 6) is 0.647. The molecule has 2 heterocycles. The van der Waals surface area contributed by atoms with E-state index in [0.29, 0.717) is 12.2 Å². The fourth-order valence-electron chi connectivity index (χ4n) is 1.07. The number of carbonyl (C=O) groups is 1. The highest BCUT2D eigenvalue weighted by atomic mass is 32.1. The van der Waals surface area contributed by atoms with Crippen molar-refractivity contribution in [3.05, 3.63) is 11.5 Å². The Hall–Kier alpha value is -1.21. The molecular weight excluding hydrogens is 232 g/mol. The first-order chi connectivity index (χ1) is 7.16. The van der Waals surface area contributed by atoms with Gasteiger partial charge in [-0.25, -0.2) is 4.98 Å². The highest BCUT2D eigenvalue weighted by Gasteiger charge is 2.12. The molecule has 0 aliphatic rings. The second kappa shape index (κ2) is 4.11. The number of hydrogen-bond acceptors (Lipinski definition) is 7. The van der Waals surface area contributed by atoms with Gasteiger partial charge in [-0.2, -0.15) is 4.37 Å². The summed E-state index contributed by atoms with van der Waals surface area (Å²) >= 11 is 2.58. The van der Waals surface area contributed by atoms with E-state index in [4.69, 9.17) is 0 Å². The summed E-state index contributed by atoms with van der Waals surface area (Å²) in [4.78, 5) is 16.1. The van der Waals surface area contributed by atoms with E-state index in [-0.39, 0.29) is 5.78 Å². The molecule has 0 aliphatic carbocycles. The quantitative estimate of drug-likeness (QED) is 0.813. The van der Waals surface area contributed by atoms with E-state index in [0.717, 1.165) is 15.6 Å². The van der Waals surface area contributed by atoms with Crippen LogP contribution in [0.25, 0.3) is 9.88 Å². The standard InChI is InChI=1S/C8H8N4OS2/c1-4(13)3-6-9-8(15-11-6)7-5(2)10-12-14-7/h3H2,1-2H3. The number of aromatic nitrogens is 4. The minimum absolute atomic E-state index is 0.0681. The van der Waals surface area contributed by atoms with Gasteiger partial charge in [0.05, 0.1) is 12.1 Å². The first-order valence-corrected chi connectivity index (χ1v) is 5.83. The Labute approximate surface area is 94.5 Å². The van der Waals surface area contributed by atoms with Gasteiger partial charge in [-0.05, 0) is 36.9 Å². The minimum atomic E-state index is 0.0681. The van der Waals surface area contributed by atoms with Crippen LogP contribution >= 0.6 is 23.1 Å². The lowest BCUT2D eigenvalue weighted by Crippen LogP contribution is -1.97. The highest BCUT2D eigenvalue weighted by Crippen LogP contribution is 2.26. The number of Topliss-reactive ketones (excluding diaryl/α,β-unsaturated/α-hetero) is 1. The maximum Gasteiger partial charge on any atom is 0.157 e. The van der Waals surface area contributed by atoms with Crippen molar-refractivity contribution in [1.29, 1.82) is 0 Å². The summed E-state index contributed by atoms with van der Waals surface area (Å²) in [6, 6.07) is 0. The number of rotatable bonds is 3. The lowest BCUT2D eigenvalue weighted by molar-refractivity contribution is -0.116. The summed E-state index contributed by atoms with van der Waals surface area (Å²) in [7, 11) is 0. The number of aryl methyl sites for hydroxylation is 1. The predicted octanol–water partition coefficient (Wildman–Crippen LogP) is 1.50. The van der Waals surface area contributed by atoms with Crippen LogP contribution in [0.2, 0.25) is 0 Å². The van der Waals surface area contributed by atoms with Crippen LogP contribution in [0.5, 0.6) is 0 Å². The average molecular weight is 240 g/mol. The molecule has 0 bridgehead atoms. The second-order valence-electron chi connectivity index (χ2n) is 3.08. The van der Waals surface area contributed by atoms with Crippen LogP contribution in [-0.2, 0) is 11.2 Å². The molecule has 5 nitrogen and oxygen atoms in total. The second-order valence-corrected chi connectivity index (χ2v) is 4.59. The van der Waals surface area contributed by atoms with Gasteiger partial charge >= 0.3 is 0 Å². The Morgan fingerprint density at radius 3 is 2.80 bits per heavy atom. The lowest BCUT2D eigenvalue weighted by atomic mass is 10.3. The van der Waals surface area contributed by atoms with Crippen molar-refractivity contribution in [2.75, 3.05) is 0 Å². The predicted molar refractivity (Wildman–Crippen MR) is 57.9 cm³/mol. The molecule has 2 aromatic rings. The van der Waals surface area contributed by atoms with Gasteiger partial charge in [0, 0.05) is 0 Å². The zero-order chi connectivity index (χ0) is 10.8.